The molecule has 0 spiro atoms. The number of rotatable bonds is 6. The van der Waals surface area contributed by atoms with E-state index in [9.17, 15) is 18.0 Å². The van der Waals surface area contributed by atoms with Crippen LogP contribution in [0, 0.1) is 0 Å². The van der Waals surface area contributed by atoms with Gasteiger partial charge in [0.05, 0.1) is 23.5 Å². The first-order valence-electron chi connectivity index (χ1n) is 9.45. The van der Waals surface area contributed by atoms with Crippen LogP contribution < -0.4 is 15.8 Å². The number of ether oxygens (including phenoxy) is 2. The van der Waals surface area contributed by atoms with Crippen LogP contribution in [-0.2, 0) is 11.3 Å². The van der Waals surface area contributed by atoms with Gasteiger partial charge >= 0.3 is 12.5 Å². The minimum absolute atomic E-state index is 0.307. The number of amides is 1. The molecular weight excluding hydrogens is 399 g/mol. The van der Waals surface area contributed by atoms with E-state index in [1.807, 2.05) is 18.4 Å². The number of carbonyl (C=O) groups excluding carboxylic acids is 1. The molecule has 1 amide bonds. The third-order valence-corrected chi connectivity index (χ3v) is 4.47. The van der Waals surface area contributed by atoms with Crippen LogP contribution in [0.4, 0.5) is 29.3 Å². The molecule has 0 radical (unpaired) electrons. The van der Waals surface area contributed by atoms with Crippen LogP contribution in [0.25, 0.3) is 22.2 Å². The van der Waals surface area contributed by atoms with E-state index in [2.05, 4.69) is 10.1 Å². The number of nitrogens with one attached hydrogen (secondary N) is 1. The molecule has 1 aromatic heterocycles. The Balaban J connectivity index is 1.95. The van der Waals surface area contributed by atoms with Crippen LogP contribution in [0.1, 0.15) is 20.3 Å². The second-order valence-electron chi connectivity index (χ2n) is 6.57. The summed E-state index contributed by atoms with van der Waals surface area (Å²) in [7, 11) is 0. The fraction of sp³-hybridized carbons (Fsp3) is 0.286. The second-order valence-corrected chi connectivity index (χ2v) is 6.57. The Morgan fingerprint density at radius 3 is 2.43 bits per heavy atom. The molecule has 2 aromatic carbocycles. The first-order chi connectivity index (χ1) is 14.2. The lowest BCUT2D eigenvalue weighted by molar-refractivity contribution is -0.274. The predicted octanol–water partition coefficient (Wildman–Crippen LogP) is 5.77. The lowest BCUT2D eigenvalue weighted by atomic mass is 10.1. The minimum Gasteiger partial charge on any atom is -0.449 e. The van der Waals surface area contributed by atoms with Gasteiger partial charge in [0, 0.05) is 29.2 Å². The van der Waals surface area contributed by atoms with E-state index in [0.29, 0.717) is 41.1 Å². The Morgan fingerprint density at radius 1 is 1.13 bits per heavy atom. The summed E-state index contributed by atoms with van der Waals surface area (Å²) in [6.07, 6.45) is -4.58. The number of fused-ring (bicyclic) bond motifs is 1. The molecule has 0 aliphatic carbocycles. The van der Waals surface area contributed by atoms with E-state index < -0.39 is 12.5 Å². The standard InChI is InChI=1S/C21H22F3N3O3/c1-3-11-29-20(28)26-14-7-5-13(6-8-14)19-18(25)16-10-9-15(30-21(22,23)24)12-17(16)27(19)4-2/h5-10,12H,3-4,11,25H2,1-2H3,(H,26,28). The fourth-order valence-corrected chi connectivity index (χ4v) is 3.25. The summed E-state index contributed by atoms with van der Waals surface area (Å²) in [5.74, 6) is -0.307. The van der Waals surface area contributed by atoms with E-state index in [4.69, 9.17) is 10.5 Å². The van der Waals surface area contributed by atoms with Crippen molar-refractivity contribution in [2.24, 2.45) is 0 Å². The smallest absolute Gasteiger partial charge is 0.449 e. The summed E-state index contributed by atoms with van der Waals surface area (Å²) in [4.78, 5) is 11.7. The first-order valence-corrected chi connectivity index (χ1v) is 9.45. The maximum absolute atomic E-state index is 12.6. The number of nitrogens with zero attached hydrogens (tertiary/aromatic N) is 1. The Morgan fingerprint density at radius 2 is 1.83 bits per heavy atom. The number of aryl methyl sites for hydroxylation is 1. The van der Waals surface area contributed by atoms with Gasteiger partial charge in [-0.25, -0.2) is 4.79 Å². The van der Waals surface area contributed by atoms with E-state index in [-0.39, 0.29) is 5.75 Å². The predicted molar refractivity (Wildman–Crippen MR) is 109 cm³/mol. The normalized spacial score (nSPS) is 11.5. The molecule has 0 fully saturated rings. The van der Waals surface area contributed by atoms with Crippen LogP contribution in [0.15, 0.2) is 42.5 Å². The fourth-order valence-electron chi connectivity index (χ4n) is 3.25. The number of alkyl halides is 3. The van der Waals surface area contributed by atoms with Gasteiger partial charge in [-0.1, -0.05) is 19.1 Å². The van der Waals surface area contributed by atoms with Crippen molar-refractivity contribution < 1.29 is 27.4 Å². The van der Waals surface area contributed by atoms with Crippen LogP contribution in [0.3, 0.4) is 0 Å². The van der Waals surface area contributed by atoms with E-state index >= 15 is 0 Å². The molecule has 0 aliphatic heterocycles. The van der Waals surface area contributed by atoms with Crippen molar-refractivity contribution in [3.8, 4) is 17.0 Å². The topological polar surface area (TPSA) is 78.5 Å². The van der Waals surface area contributed by atoms with Gasteiger partial charge in [0.2, 0.25) is 0 Å². The zero-order chi connectivity index (χ0) is 21.9. The highest BCUT2D eigenvalue weighted by Crippen LogP contribution is 2.38. The van der Waals surface area contributed by atoms with Gasteiger partial charge < -0.3 is 19.8 Å². The Kier molecular flexibility index (Phi) is 6.09. The van der Waals surface area contributed by atoms with Crippen molar-refractivity contribution in [1.29, 1.82) is 0 Å². The number of carbonyl (C=O) groups is 1. The highest BCUT2D eigenvalue weighted by molar-refractivity contribution is 6.01. The molecule has 6 nitrogen and oxygen atoms in total. The average Bonchev–Trinajstić information content (AvgIpc) is 2.97. The quantitative estimate of drug-likeness (QED) is 0.530. The lowest BCUT2D eigenvalue weighted by Gasteiger charge is -2.11. The summed E-state index contributed by atoms with van der Waals surface area (Å²) < 4.78 is 48.6. The number of hydrogen-bond acceptors (Lipinski definition) is 4. The number of benzene rings is 2. The lowest BCUT2D eigenvalue weighted by Crippen LogP contribution is -2.17. The third kappa shape index (κ3) is 4.61. The highest BCUT2D eigenvalue weighted by atomic mass is 19.4. The zero-order valence-electron chi connectivity index (χ0n) is 16.5. The summed E-state index contributed by atoms with van der Waals surface area (Å²) in [6.45, 7) is 4.59. The molecule has 0 saturated heterocycles. The monoisotopic (exact) mass is 421 g/mol. The van der Waals surface area contributed by atoms with Crippen molar-refractivity contribution in [1.82, 2.24) is 4.57 Å². The molecule has 3 N–H and O–H groups in total. The van der Waals surface area contributed by atoms with Gasteiger partial charge in [-0.05, 0) is 37.6 Å². The Bertz CT molecular complexity index is 1040. The maximum Gasteiger partial charge on any atom is 0.573 e. The molecule has 0 unspecified atom stereocenters. The van der Waals surface area contributed by atoms with Crippen molar-refractivity contribution in [3.05, 3.63) is 42.5 Å². The van der Waals surface area contributed by atoms with Gasteiger partial charge in [0.15, 0.2) is 0 Å². The van der Waals surface area contributed by atoms with Crippen molar-refractivity contribution in [2.45, 2.75) is 33.2 Å². The molecule has 1 heterocycles. The van der Waals surface area contributed by atoms with E-state index in [1.54, 1.807) is 24.3 Å². The van der Waals surface area contributed by atoms with Crippen LogP contribution >= 0.6 is 0 Å². The molecule has 3 rings (SSSR count). The minimum atomic E-state index is -4.77. The van der Waals surface area contributed by atoms with Gasteiger partial charge in [-0.15, -0.1) is 13.2 Å². The average molecular weight is 421 g/mol. The summed E-state index contributed by atoms with van der Waals surface area (Å²) in [6, 6.07) is 11.0. The van der Waals surface area contributed by atoms with Gasteiger partial charge in [0.25, 0.3) is 0 Å². The summed E-state index contributed by atoms with van der Waals surface area (Å²) in [5.41, 5.74) is 9.31. The van der Waals surface area contributed by atoms with Crippen molar-refractivity contribution in [2.75, 3.05) is 17.7 Å². The molecule has 0 saturated carbocycles. The number of nitrogens with two attached hydrogens (primary N) is 1. The number of hydrogen-bond donors (Lipinski definition) is 2. The molecule has 9 heteroatoms. The second kappa shape index (κ2) is 8.56. The molecule has 0 bridgehead atoms. The number of nitrogen functional groups attached to an aromatic ring is 1. The molecule has 0 atom stereocenters. The van der Waals surface area contributed by atoms with Crippen molar-refractivity contribution in [3.63, 3.8) is 0 Å². The van der Waals surface area contributed by atoms with Crippen LogP contribution in [0.2, 0.25) is 0 Å². The van der Waals surface area contributed by atoms with Crippen LogP contribution in [-0.4, -0.2) is 23.6 Å². The van der Waals surface area contributed by atoms with Gasteiger partial charge in [-0.3, -0.25) is 5.32 Å². The summed E-state index contributed by atoms with van der Waals surface area (Å²) >= 11 is 0. The van der Waals surface area contributed by atoms with Crippen LogP contribution in [0.5, 0.6) is 5.75 Å². The maximum atomic E-state index is 12.6. The molecular formula is C21H22F3N3O3. The summed E-state index contributed by atoms with van der Waals surface area (Å²) in [5, 5.41) is 3.26. The number of anilines is 2. The Hall–Kier alpha value is -3.36. The molecule has 160 valence electrons. The highest BCUT2D eigenvalue weighted by Gasteiger charge is 2.31. The van der Waals surface area contributed by atoms with Crippen molar-refractivity contribution >= 4 is 28.4 Å². The third-order valence-electron chi connectivity index (χ3n) is 4.47. The largest absolute Gasteiger partial charge is 0.573 e. The molecule has 30 heavy (non-hydrogen) atoms. The van der Waals surface area contributed by atoms with Gasteiger partial charge in [0.1, 0.15) is 5.75 Å². The Labute approximate surface area is 171 Å². The molecule has 0 aliphatic rings. The van der Waals surface area contributed by atoms with Gasteiger partial charge in [-0.2, -0.15) is 0 Å². The first kappa shape index (κ1) is 21.4. The number of halogens is 3. The van der Waals surface area contributed by atoms with E-state index in [1.165, 1.54) is 18.2 Å². The van der Waals surface area contributed by atoms with E-state index in [0.717, 1.165) is 12.0 Å². The zero-order valence-corrected chi connectivity index (χ0v) is 16.5. The number of aromatic nitrogens is 1. The SMILES string of the molecule is CCCOC(=O)Nc1ccc(-c2c(N)c3ccc(OC(F)(F)F)cc3n2CC)cc1. The molecule has 3 aromatic rings.